The smallest absolute Gasteiger partial charge is 0.256 e. The minimum absolute atomic E-state index is 0.205. The Bertz CT molecular complexity index is 393. The van der Waals surface area contributed by atoms with Crippen LogP contribution in [0.25, 0.3) is 0 Å². The number of amides is 1. The highest BCUT2D eigenvalue weighted by Crippen LogP contribution is 2.13. The molecule has 0 aliphatic heterocycles. The van der Waals surface area contributed by atoms with E-state index in [9.17, 15) is 13.6 Å². The van der Waals surface area contributed by atoms with Gasteiger partial charge in [-0.2, -0.15) is 0 Å². The molecule has 0 spiro atoms. The Balaban J connectivity index is 2.71. The Labute approximate surface area is 100 Å². The van der Waals surface area contributed by atoms with Crippen LogP contribution in [0, 0.1) is 11.6 Å². The molecule has 94 valence electrons. The molecule has 4 heteroatoms. The van der Waals surface area contributed by atoms with Gasteiger partial charge < -0.3 is 4.90 Å². The Morgan fingerprint density at radius 1 is 1.29 bits per heavy atom. The first-order valence-corrected chi connectivity index (χ1v) is 5.77. The lowest BCUT2D eigenvalue weighted by atomic mass is 10.1. The van der Waals surface area contributed by atoms with Gasteiger partial charge in [0, 0.05) is 13.6 Å². The van der Waals surface area contributed by atoms with Crippen LogP contribution in [0.3, 0.4) is 0 Å². The molecule has 0 aliphatic carbocycles. The highest BCUT2D eigenvalue weighted by Gasteiger charge is 2.17. The average molecular weight is 241 g/mol. The van der Waals surface area contributed by atoms with E-state index in [0.717, 1.165) is 25.3 Å². The SMILES string of the molecule is CCCCCN(C)C(=O)c1cccc(F)c1F. The number of rotatable bonds is 5. The lowest BCUT2D eigenvalue weighted by Gasteiger charge is -2.17. The number of nitrogens with zero attached hydrogens (tertiary/aromatic N) is 1. The first-order valence-electron chi connectivity index (χ1n) is 5.77. The summed E-state index contributed by atoms with van der Waals surface area (Å²) in [5, 5.41) is 0. The molecule has 1 aromatic rings. The summed E-state index contributed by atoms with van der Waals surface area (Å²) in [5.74, 6) is -2.53. The van der Waals surface area contributed by atoms with E-state index in [4.69, 9.17) is 0 Å². The third kappa shape index (κ3) is 3.51. The molecule has 0 aromatic heterocycles. The van der Waals surface area contributed by atoms with Crippen molar-refractivity contribution in [2.45, 2.75) is 26.2 Å². The maximum absolute atomic E-state index is 13.4. The molecule has 0 saturated carbocycles. The van der Waals surface area contributed by atoms with Gasteiger partial charge in [0.15, 0.2) is 11.6 Å². The van der Waals surface area contributed by atoms with Crippen molar-refractivity contribution >= 4 is 5.91 Å². The van der Waals surface area contributed by atoms with E-state index in [1.54, 1.807) is 7.05 Å². The number of unbranched alkanes of at least 4 members (excludes halogenated alkanes) is 2. The molecule has 0 fully saturated rings. The standard InChI is InChI=1S/C13H17F2NO/c1-3-4-5-9-16(2)13(17)10-7-6-8-11(14)12(10)15/h6-8H,3-5,9H2,1-2H3. The largest absolute Gasteiger partial charge is 0.342 e. The molecule has 0 heterocycles. The molecule has 0 unspecified atom stereocenters. The van der Waals surface area contributed by atoms with Crippen LogP contribution in [0.15, 0.2) is 18.2 Å². The number of carbonyl (C=O) groups excluding carboxylic acids is 1. The van der Waals surface area contributed by atoms with Crippen molar-refractivity contribution in [3.63, 3.8) is 0 Å². The Morgan fingerprint density at radius 2 is 2.00 bits per heavy atom. The van der Waals surface area contributed by atoms with Gasteiger partial charge in [0.1, 0.15) is 0 Å². The first kappa shape index (κ1) is 13.6. The van der Waals surface area contributed by atoms with Crippen molar-refractivity contribution < 1.29 is 13.6 Å². The van der Waals surface area contributed by atoms with Crippen LogP contribution in [0.5, 0.6) is 0 Å². The zero-order chi connectivity index (χ0) is 12.8. The van der Waals surface area contributed by atoms with Crippen LogP contribution in [-0.2, 0) is 0 Å². The Morgan fingerprint density at radius 3 is 2.65 bits per heavy atom. The van der Waals surface area contributed by atoms with Gasteiger partial charge >= 0.3 is 0 Å². The minimum Gasteiger partial charge on any atom is -0.342 e. The van der Waals surface area contributed by atoms with Gasteiger partial charge in [-0.05, 0) is 18.6 Å². The Hall–Kier alpha value is -1.45. The number of hydrogen-bond acceptors (Lipinski definition) is 1. The van der Waals surface area contributed by atoms with Gasteiger partial charge in [0.05, 0.1) is 5.56 Å². The molecule has 1 aromatic carbocycles. The van der Waals surface area contributed by atoms with Crippen molar-refractivity contribution in [2.24, 2.45) is 0 Å². The molecule has 0 aliphatic rings. The molecule has 0 N–H and O–H groups in total. The van der Waals surface area contributed by atoms with Gasteiger partial charge in [-0.3, -0.25) is 4.79 Å². The number of halogens is 2. The van der Waals surface area contributed by atoms with Gasteiger partial charge in [0.2, 0.25) is 0 Å². The Kier molecular flexibility index (Phi) is 5.07. The summed E-state index contributed by atoms with van der Waals surface area (Å²) >= 11 is 0. The van der Waals surface area contributed by atoms with Crippen molar-refractivity contribution in [2.75, 3.05) is 13.6 Å². The molecule has 0 saturated heterocycles. The fourth-order valence-corrected chi connectivity index (χ4v) is 1.58. The van der Waals surface area contributed by atoms with Crippen molar-refractivity contribution in [1.82, 2.24) is 4.90 Å². The number of hydrogen-bond donors (Lipinski definition) is 0. The third-order valence-corrected chi connectivity index (χ3v) is 2.63. The van der Waals surface area contributed by atoms with Gasteiger partial charge in [-0.25, -0.2) is 8.78 Å². The predicted molar refractivity (Wildman–Crippen MR) is 62.8 cm³/mol. The average Bonchev–Trinajstić information content (AvgIpc) is 2.32. The summed E-state index contributed by atoms with van der Waals surface area (Å²) < 4.78 is 26.3. The number of carbonyl (C=O) groups is 1. The fraction of sp³-hybridized carbons (Fsp3) is 0.462. The quantitative estimate of drug-likeness (QED) is 0.725. The summed E-state index contributed by atoms with van der Waals surface area (Å²) in [7, 11) is 1.60. The predicted octanol–water partition coefficient (Wildman–Crippen LogP) is 3.23. The van der Waals surface area contributed by atoms with Gasteiger partial charge in [0.25, 0.3) is 5.91 Å². The second-order valence-corrected chi connectivity index (χ2v) is 4.04. The van der Waals surface area contributed by atoms with Crippen molar-refractivity contribution in [3.05, 3.63) is 35.4 Å². The second-order valence-electron chi connectivity index (χ2n) is 4.04. The fourth-order valence-electron chi connectivity index (χ4n) is 1.58. The zero-order valence-electron chi connectivity index (χ0n) is 10.2. The highest BCUT2D eigenvalue weighted by atomic mass is 19.2. The van der Waals surface area contributed by atoms with Crippen molar-refractivity contribution in [1.29, 1.82) is 0 Å². The molecule has 1 amide bonds. The lowest BCUT2D eigenvalue weighted by Crippen LogP contribution is -2.28. The van der Waals surface area contributed by atoms with Gasteiger partial charge in [-0.15, -0.1) is 0 Å². The van der Waals surface area contributed by atoms with E-state index in [0.29, 0.717) is 6.54 Å². The summed E-state index contributed by atoms with van der Waals surface area (Å²) in [5.41, 5.74) is -0.205. The van der Waals surface area contributed by atoms with E-state index < -0.39 is 17.5 Å². The third-order valence-electron chi connectivity index (χ3n) is 2.63. The molecule has 0 radical (unpaired) electrons. The van der Waals surface area contributed by atoms with Gasteiger partial charge in [-0.1, -0.05) is 25.8 Å². The van der Waals surface area contributed by atoms with Crippen LogP contribution >= 0.6 is 0 Å². The van der Waals surface area contributed by atoms with E-state index in [-0.39, 0.29) is 5.56 Å². The summed E-state index contributed by atoms with van der Waals surface area (Å²) in [4.78, 5) is 13.3. The molecular formula is C13H17F2NO. The first-order chi connectivity index (χ1) is 8.07. The summed E-state index contributed by atoms with van der Waals surface area (Å²) in [6, 6.07) is 3.64. The van der Waals surface area contributed by atoms with Crippen molar-refractivity contribution in [3.8, 4) is 0 Å². The maximum atomic E-state index is 13.4. The molecule has 0 bridgehead atoms. The molecule has 2 nitrogen and oxygen atoms in total. The highest BCUT2D eigenvalue weighted by molar-refractivity contribution is 5.94. The van der Waals surface area contributed by atoms with E-state index in [1.165, 1.54) is 17.0 Å². The van der Waals surface area contributed by atoms with E-state index >= 15 is 0 Å². The molecule has 0 atom stereocenters. The minimum atomic E-state index is -1.07. The normalized spacial score (nSPS) is 10.4. The number of benzene rings is 1. The maximum Gasteiger partial charge on any atom is 0.256 e. The topological polar surface area (TPSA) is 20.3 Å². The van der Waals surface area contributed by atoms with Crippen LogP contribution in [-0.4, -0.2) is 24.4 Å². The molecule has 1 rings (SSSR count). The lowest BCUT2D eigenvalue weighted by molar-refractivity contribution is 0.0787. The molecular weight excluding hydrogens is 224 g/mol. The monoisotopic (exact) mass is 241 g/mol. The van der Waals surface area contributed by atoms with Crippen LogP contribution in [0.4, 0.5) is 8.78 Å². The summed E-state index contributed by atoms with van der Waals surface area (Å²) in [6.45, 7) is 2.62. The van der Waals surface area contributed by atoms with Crippen LogP contribution in [0.1, 0.15) is 36.5 Å². The van der Waals surface area contributed by atoms with E-state index in [1.807, 2.05) is 0 Å². The summed E-state index contributed by atoms with van der Waals surface area (Å²) in [6.07, 6.45) is 2.94. The second kappa shape index (κ2) is 6.33. The molecule has 17 heavy (non-hydrogen) atoms. The van der Waals surface area contributed by atoms with E-state index in [2.05, 4.69) is 6.92 Å². The zero-order valence-corrected chi connectivity index (χ0v) is 10.2. The van der Waals surface area contributed by atoms with Crippen LogP contribution in [0.2, 0.25) is 0 Å². The van der Waals surface area contributed by atoms with Crippen LogP contribution < -0.4 is 0 Å².